The Morgan fingerprint density at radius 1 is 1.15 bits per heavy atom. The van der Waals surface area contributed by atoms with Crippen LogP contribution < -0.4 is 5.32 Å². The van der Waals surface area contributed by atoms with Crippen LogP contribution in [0.3, 0.4) is 0 Å². The summed E-state index contributed by atoms with van der Waals surface area (Å²) in [6.07, 6.45) is 13.9. The third-order valence-electron chi connectivity index (χ3n) is 7.00. The molecule has 0 aliphatic heterocycles. The van der Waals surface area contributed by atoms with Gasteiger partial charge in [-0.15, -0.1) is 0 Å². The van der Waals surface area contributed by atoms with Crippen molar-refractivity contribution in [1.29, 1.82) is 0 Å². The second kappa shape index (κ2) is 11.4. The van der Waals surface area contributed by atoms with Crippen molar-refractivity contribution >= 4 is 5.91 Å². The van der Waals surface area contributed by atoms with Crippen LogP contribution in [0.1, 0.15) is 55.8 Å². The molecule has 4 rings (SSSR count). The normalized spacial score (nSPS) is 25.1. The maximum Gasteiger partial charge on any atom is 0.220 e. The lowest BCUT2D eigenvalue weighted by Crippen LogP contribution is -2.22. The van der Waals surface area contributed by atoms with Crippen LogP contribution in [0, 0.1) is 17.8 Å². The third-order valence-corrected chi connectivity index (χ3v) is 7.00. The number of aliphatic hydroxyl groups excluding tert-OH is 2. The molecule has 1 aromatic heterocycles. The molecule has 5 heteroatoms. The van der Waals surface area contributed by atoms with Crippen LogP contribution in [-0.2, 0) is 11.3 Å². The Hall–Kier alpha value is -2.76. The maximum atomic E-state index is 12.1. The first-order chi connectivity index (χ1) is 16.1. The van der Waals surface area contributed by atoms with Crippen molar-refractivity contribution in [3.05, 3.63) is 89.8 Å². The molecule has 174 valence electrons. The molecule has 0 spiro atoms. The number of unbranched alkanes of at least 4 members (excludes halogenated alkanes) is 1. The number of carbonyl (C=O) groups is 1. The Morgan fingerprint density at radius 3 is 2.73 bits per heavy atom. The molecule has 2 aliphatic carbocycles. The summed E-state index contributed by atoms with van der Waals surface area (Å²) in [5.74, 6) is 1.01. The molecule has 1 saturated carbocycles. The molecule has 1 aromatic carbocycles. The highest BCUT2D eigenvalue weighted by Gasteiger charge is 2.43. The summed E-state index contributed by atoms with van der Waals surface area (Å²) in [6.45, 7) is 0.548. The second-order valence-electron chi connectivity index (χ2n) is 9.32. The molecule has 5 nitrogen and oxygen atoms in total. The van der Waals surface area contributed by atoms with Crippen molar-refractivity contribution in [3.8, 4) is 0 Å². The number of pyridine rings is 1. The summed E-state index contributed by atoms with van der Waals surface area (Å²) in [5.41, 5.74) is 3.38. The van der Waals surface area contributed by atoms with Crippen molar-refractivity contribution in [2.75, 3.05) is 0 Å². The summed E-state index contributed by atoms with van der Waals surface area (Å²) in [7, 11) is 0. The molecule has 0 saturated heterocycles. The van der Waals surface area contributed by atoms with Crippen LogP contribution >= 0.6 is 0 Å². The standard InChI is InChI=1S/C28H34N2O3/c31-26(22-7-2-1-3-8-22)11-10-24-25-17-21(16-23(25)18-27(24)32)6-4-5-9-28(33)30-19-20-12-14-29-15-13-20/h1-3,7-8,10-16,23-27,31-32H,4-6,9,17-19H2,(H,30,33)/b11-10+/t23-,24+,25-,26+,27+/m0/s1. The number of hydrogen-bond donors (Lipinski definition) is 3. The number of benzene rings is 1. The molecule has 3 N–H and O–H groups in total. The zero-order valence-electron chi connectivity index (χ0n) is 19.0. The van der Waals surface area contributed by atoms with Gasteiger partial charge in [0.05, 0.1) is 12.2 Å². The Morgan fingerprint density at radius 2 is 1.94 bits per heavy atom. The van der Waals surface area contributed by atoms with E-state index in [2.05, 4.69) is 16.4 Å². The number of rotatable bonds is 10. The molecule has 2 aromatic rings. The van der Waals surface area contributed by atoms with E-state index in [1.807, 2.05) is 54.6 Å². The zero-order valence-corrected chi connectivity index (χ0v) is 19.0. The molecule has 1 amide bonds. The van der Waals surface area contributed by atoms with Gasteiger partial charge in [0.25, 0.3) is 0 Å². The van der Waals surface area contributed by atoms with E-state index in [4.69, 9.17) is 0 Å². The second-order valence-corrected chi connectivity index (χ2v) is 9.32. The lowest BCUT2D eigenvalue weighted by molar-refractivity contribution is -0.121. The average Bonchev–Trinajstić information content (AvgIpc) is 3.36. The van der Waals surface area contributed by atoms with Crippen LogP contribution in [0.15, 0.2) is 78.7 Å². The van der Waals surface area contributed by atoms with E-state index in [9.17, 15) is 15.0 Å². The van der Waals surface area contributed by atoms with Gasteiger partial charge >= 0.3 is 0 Å². The molecule has 33 heavy (non-hydrogen) atoms. The first-order valence-electron chi connectivity index (χ1n) is 12.0. The number of aliphatic hydroxyl groups is 2. The molecule has 0 unspecified atom stereocenters. The topological polar surface area (TPSA) is 82.5 Å². The Labute approximate surface area is 196 Å². The minimum atomic E-state index is -0.643. The minimum absolute atomic E-state index is 0.0843. The Balaban J connectivity index is 1.18. The van der Waals surface area contributed by atoms with E-state index in [0.29, 0.717) is 24.8 Å². The molecule has 5 atom stereocenters. The monoisotopic (exact) mass is 446 g/mol. The largest absolute Gasteiger partial charge is 0.392 e. The van der Waals surface area contributed by atoms with Crippen molar-refractivity contribution in [2.24, 2.45) is 17.8 Å². The van der Waals surface area contributed by atoms with E-state index in [1.165, 1.54) is 5.57 Å². The molecule has 1 heterocycles. The molecule has 1 fully saturated rings. The van der Waals surface area contributed by atoms with E-state index in [0.717, 1.165) is 43.2 Å². The van der Waals surface area contributed by atoms with Crippen LogP contribution in [0.4, 0.5) is 0 Å². The number of hydrogen-bond acceptors (Lipinski definition) is 4. The van der Waals surface area contributed by atoms with Gasteiger partial charge in [-0.05, 0) is 67.2 Å². The van der Waals surface area contributed by atoms with Crippen LogP contribution in [0.5, 0.6) is 0 Å². The Bertz CT molecular complexity index is 958. The van der Waals surface area contributed by atoms with Gasteiger partial charge in [-0.25, -0.2) is 0 Å². The van der Waals surface area contributed by atoms with Crippen molar-refractivity contribution in [2.45, 2.75) is 57.3 Å². The summed E-state index contributed by atoms with van der Waals surface area (Å²) in [4.78, 5) is 16.1. The number of fused-ring (bicyclic) bond motifs is 1. The van der Waals surface area contributed by atoms with Gasteiger partial charge in [-0.1, -0.05) is 54.1 Å². The summed E-state index contributed by atoms with van der Waals surface area (Å²) in [5, 5.41) is 24.0. The van der Waals surface area contributed by atoms with Gasteiger partial charge in [-0.2, -0.15) is 0 Å². The zero-order chi connectivity index (χ0) is 23.0. The lowest BCUT2D eigenvalue weighted by atomic mass is 9.88. The summed E-state index contributed by atoms with van der Waals surface area (Å²) in [6, 6.07) is 13.4. The number of nitrogens with one attached hydrogen (secondary N) is 1. The predicted molar refractivity (Wildman–Crippen MR) is 129 cm³/mol. The SMILES string of the molecule is O=C(CCCCC1=C[C@H]2C[C@@H](O)[C@H](/C=C/[C@@H](O)c3ccccc3)[C@H]2C1)NCc1ccncc1. The van der Waals surface area contributed by atoms with E-state index < -0.39 is 6.10 Å². The highest BCUT2D eigenvalue weighted by atomic mass is 16.3. The quantitative estimate of drug-likeness (QED) is 0.371. The van der Waals surface area contributed by atoms with Crippen LogP contribution in [0.2, 0.25) is 0 Å². The summed E-state index contributed by atoms with van der Waals surface area (Å²) >= 11 is 0. The van der Waals surface area contributed by atoms with Gasteiger partial charge in [0, 0.05) is 31.3 Å². The first kappa shape index (κ1) is 23.4. The number of allylic oxidation sites excluding steroid dienone is 2. The van der Waals surface area contributed by atoms with Gasteiger partial charge < -0.3 is 15.5 Å². The van der Waals surface area contributed by atoms with Gasteiger partial charge in [0.2, 0.25) is 5.91 Å². The highest BCUT2D eigenvalue weighted by molar-refractivity contribution is 5.75. The molecular weight excluding hydrogens is 412 g/mol. The van der Waals surface area contributed by atoms with Crippen LogP contribution in [-0.4, -0.2) is 27.2 Å². The van der Waals surface area contributed by atoms with E-state index >= 15 is 0 Å². The van der Waals surface area contributed by atoms with Crippen molar-refractivity contribution in [3.63, 3.8) is 0 Å². The third kappa shape index (κ3) is 6.40. The minimum Gasteiger partial charge on any atom is -0.392 e. The molecule has 2 aliphatic rings. The van der Waals surface area contributed by atoms with E-state index in [1.54, 1.807) is 12.4 Å². The maximum absolute atomic E-state index is 12.1. The van der Waals surface area contributed by atoms with Crippen LogP contribution in [0.25, 0.3) is 0 Å². The number of carbonyl (C=O) groups excluding carboxylic acids is 1. The fraction of sp³-hybridized carbons (Fsp3) is 0.429. The smallest absolute Gasteiger partial charge is 0.220 e. The van der Waals surface area contributed by atoms with Crippen molar-refractivity contribution < 1.29 is 15.0 Å². The number of amides is 1. The van der Waals surface area contributed by atoms with E-state index in [-0.39, 0.29) is 17.9 Å². The number of aromatic nitrogens is 1. The predicted octanol–water partition coefficient (Wildman–Crippen LogP) is 4.49. The highest BCUT2D eigenvalue weighted by Crippen LogP contribution is 2.48. The molecule has 0 radical (unpaired) electrons. The van der Waals surface area contributed by atoms with Gasteiger partial charge in [0.1, 0.15) is 0 Å². The van der Waals surface area contributed by atoms with Gasteiger partial charge in [0.15, 0.2) is 0 Å². The fourth-order valence-corrected chi connectivity index (χ4v) is 5.21. The van der Waals surface area contributed by atoms with Crippen molar-refractivity contribution in [1.82, 2.24) is 10.3 Å². The average molecular weight is 447 g/mol. The molecule has 0 bridgehead atoms. The lowest BCUT2D eigenvalue weighted by Gasteiger charge is -2.19. The fourth-order valence-electron chi connectivity index (χ4n) is 5.21. The number of nitrogens with zero attached hydrogens (tertiary/aromatic N) is 1. The molecular formula is C28H34N2O3. The van der Waals surface area contributed by atoms with Gasteiger partial charge in [-0.3, -0.25) is 9.78 Å². The Kier molecular flexibility index (Phi) is 8.08. The summed E-state index contributed by atoms with van der Waals surface area (Å²) < 4.78 is 0. The first-order valence-corrected chi connectivity index (χ1v) is 12.0.